The Kier molecular flexibility index (Phi) is 6.13. The van der Waals surface area contributed by atoms with Crippen molar-refractivity contribution < 1.29 is 0 Å². The van der Waals surface area contributed by atoms with Gasteiger partial charge in [0.05, 0.1) is 0 Å². The van der Waals surface area contributed by atoms with Crippen LogP contribution in [0.3, 0.4) is 0 Å². The Bertz CT molecular complexity index is 199. The lowest BCUT2D eigenvalue weighted by molar-refractivity contribution is 1.10. The minimum atomic E-state index is 1.05. The molecule has 0 bridgehead atoms. The van der Waals surface area contributed by atoms with Crippen LogP contribution in [0, 0.1) is 0 Å². The molecule has 0 atom stereocenters. The monoisotopic (exact) mass is 215 g/mol. The summed E-state index contributed by atoms with van der Waals surface area (Å²) in [5.74, 6) is 0. The van der Waals surface area contributed by atoms with E-state index in [1.54, 1.807) is 6.20 Å². The van der Waals surface area contributed by atoms with Gasteiger partial charge in [-0.05, 0) is 34.0 Å². The van der Waals surface area contributed by atoms with Crippen molar-refractivity contribution in [1.82, 2.24) is 4.98 Å². The predicted octanol–water partition coefficient (Wildman–Crippen LogP) is 3.43. The van der Waals surface area contributed by atoms with Gasteiger partial charge in [0.25, 0.3) is 0 Å². The maximum atomic E-state index is 4.01. The zero-order chi connectivity index (χ0) is 8.69. The molecule has 0 aliphatic heterocycles. The fourth-order valence-corrected chi connectivity index (χ4v) is 1.06. The van der Waals surface area contributed by atoms with Gasteiger partial charge in [-0.15, -0.1) is 0 Å². The SMILES string of the molecule is CC.CCc1cncc(Br)c1. The fourth-order valence-electron chi connectivity index (χ4n) is 0.649. The lowest BCUT2D eigenvalue weighted by atomic mass is 10.2. The van der Waals surface area contributed by atoms with E-state index in [-0.39, 0.29) is 0 Å². The maximum absolute atomic E-state index is 4.01. The van der Waals surface area contributed by atoms with Crippen LogP contribution in [-0.2, 0) is 6.42 Å². The minimum Gasteiger partial charge on any atom is -0.263 e. The summed E-state index contributed by atoms with van der Waals surface area (Å²) in [5.41, 5.74) is 1.27. The van der Waals surface area contributed by atoms with Gasteiger partial charge in [0, 0.05) is 16.9 Å². The summed E-state index contributed by atoms with van der Waals surface area (Å²) in [5, 5.41) is 0. The van der Waals surface area contributed by atoms with Gasteiger partial charge in [-0.25, -0.2) is 0 Å². The van der Waals surface area contributed by atoms with Crippen molar-refractivity contribution in [2.24, 2.45) is 0 Å². The molecule has 2 heteroatoms. The van der Waals surface area contributed by atoms with Gasteiger partial charge in [0.2, 0.25) is 0 Å². The quantitative estimate of drug-likeness (QED) is 0.700. The standard InChI is InChI=1S/C7H8BrN.C2H6/c1-2-6-3-7(8)5-9-4-6;1-2/h3-5H,2H2,1H3;1-2H3. The van der Waals surface area contributed by atoms with Gasteiger partial charge in [-0.3, -0.25) is 4.98 Å². The number of aromatic nitrogens is 1. The normalized spacial score (nSPS) is 8.36. The Balaban J connectivity index is 0.000000461. The van der Waals surface area contributed by atoms with E-state index in [0.717, 1.165) is 10.9 Å². The Morgan fingerprint density at radius 2 is 2.00 bits per heavy atom. The molecule has 0 amide bonds. The summed E-state index contributed by atoms with van der Waals surface area (Å²) in [4.78, 5) is 4.01. The Labute approximate surface area is 77.0 Å². The van der Waals surface area contributed by atoms with Crippen LogP contribution < -0.4 is 0 Å². The molecule has 0 radical (unpaired) electrons. The van der Waals surface area contributed by atoms with Crippen molar-refractivity contribution >= 4 is 15.9 Å². The first-order valence-electron chi connectivity index (χ1n) is 3.92. The highest BCUT2D eigenvalue weighted by molar-refractivity contribution is 9.10. The number of hydrogen-bond acceptors (Lipinski definition) is 1. The summed E-state index contributed by atoms with van der Waals surface area (Å²) >= 11 is 3.34. The van der Waals surface area contributed by atoms with Gasteiger partial charge < -0.3 is 0 Å². The molecule has 0 aliphatic rings. The number of rotatable bonds is 1. The summed E-state index contributed by atoms with van der Waals surface area (Å²) in [6.45, 7) is 6.11. The molecule has 0 saturated heterocycles. The maximum Gasteiger partial charge on any atom is 0.0410 e. The summed E-state index contributed by atoms with van der Waals surface area (Å²) in [6, 6.07) is 2.08. The van der Waals surface area contributed by atoms with Crippen molar-refractivity contribution in [3.8, 4) is 0 Å². The average Bonchev–Trinajstić information content (AvgIpc) is 2.08. The molecule has 1 nitrogen and oxygen atoms in total. The first-order valence-corrected chi connectivity index (χ1v) is 4.71. The first kappa shape index (κ1) is 10.6. The van der Waals surface area contributed by atoms with E-state index < -0.39 is 0 Å². The Hall–Kier alpha value is -0.370. The molecule has 0 N–H and O–H groups in total. The van der Waals surface area contributed by atoms with Crippen molar-refractivity contribution in [3.05, 3.63) is 28.5 Å². The molecule has 1 aromatic heterocycles. The third-order valence-corrected chi connectivity index (χ3v) is 1.60. The average molecular weight is 216 g/mol. The van der Waals surface area contributed by atoms with Crippen LogP contribution in [-0.4, -0.2) is 4.98 Å². The molecule has 1 aromatic rings. The van der Waals surface area contributed by atoms with E-state index in [1.807, 2.05) is 20.0 Å². The minimum absolute atomic E-state index is 1.05. The molecule has 1 rings (SSSR count). The van der Waals surface area contributed by atoms with Crippen molar-refractivity contribution in [3.63, 3.8) is 0 Å². The number of pyridine rings is 1. The van der Waals surface area contributed by atoms with Crippen LogP contribution >= 0.6 is 15.9 Å². The van der Waals surface area contributed by atoms with Crippen LogP contribution in [0.1, 0.15) is 26.3 Å². The molecule has 0 fully saturated rings. The van der Waals surface area contributed by atoms with Crippen molar-refractivity contribution in [1.29, 1.82) is 0 Å². The summed E-state index contributed by atoms with van der Waals surface area (Å²) < 4.78 is 1.06. The second-order valence-electron chi connectivity index (χ2n) is 1.86. The van der Waals surface area contributed by atoms with Gasteiger partial charge in [-0.2, -0.15) is 0 Å². The lowest BCUT2D eigenvalue weighted by Gasteiger charge is -1.93. The molecule has 11 heavy (non-hydrogen) atoms. The highest BCUT2D eigenvalue weighted by Crippen LogP contribution is 2.09. The van der Waals surface area contributed by atoms with Gasteiger partial charge in [-0.1, -0.05) is 20.8 Å². The number of halogens is 1. The van der Waals surface area contributed by atoms with Crippen molar-refractivity contribution in [2.45, 2.75) is 27.2 Å². The highest BCUT2D eigenvalue weighted by atomic mass is 79.9. The van der Waals surface area contributed by atoms with E-state index in [2.05, 4.69) is 33.9 Å². The molecular weight excluding hydrogens is 202 g/mol. The van der Waals surface area contributed by atoms with E-state index in [9.17, 15) is 0 Å². The van der Waals surface area contributed by atoms with Crippen LogP contribution in [0.15, 0.2) is 22.9 Å². The molecule has 1 heterocycles. The summed E-state index contributed by atoms with van der Waals surface area (Å²) in [6.07, 6.45) is 4.72. The zero-order valence-corrected chi connectivity index (χ0v) is 8.85. The Morgan fingerprint density at radius 3 is 2.36 bits per heavy atom. The fraction of sp³-hybridized carbons (Fsp3) is 0.444. The van der Waals surface area contributed by atoms with Crippen LogP contribution in [0.4, 0.5) is 0 Å². The zero-order valence-electron chi connectivity index (χ0n) is 7.26. The van der Waals surface area contributed by atoms with E-state index in [4.69, 9.17) is 0 Å². The second-order valence-corrected chi connectivity index (χ2v) is 2.78. The molecule has 0 spiro atoms. The number of nitrogens with zero attached hydrogens (tertiary/aromatic N) is 1. The predicted molar refractivity (Wildman–Crippen MR) is 52.7 cm³/mol. The summed E-state index contributed by atoms with van der Waals surface area (Å²) in [7, 11) is 0. The van der Waals surface area contributed by atoms with Crippen molar-refractivity contribution in [2.75, 3.05) is 0 Å². The molecule has 62 valence electrons. The molecule has 0 aromatic carbocycles. The molecule has 0 saturated carbocycles. The lowest BCUT2D eigenvalue weighted by Crippen LogP contribution is -1.80. The topological polar surface area (TPSA) is 12.9 Å². The van der Waals surface area contributed by atoms with Gasteiger partial charge in [0.15, 0.2) is 0 Å². The largest absolute Gasteiger partial charge is 0.263 e. The highest BCUT2D eigenvalue weighted by Gasteiger charge is 1.88. The smallest absolute Gasteiger partial charge is 0.0410 e. The van der Waals surface area contributed by atoms with E-state index >= 15 is 0 Å². The molecule has 0 unspecified atom stereocenters. The van der Waals surface area contributed by atoms with Crippen LogP contribution in [0.2, 0.25) is 0 Å². The molecular formula is C9H14BrN. The molecule has 0 aliphatic carbocycles. The first-order chi connectivity index (χ1) is 5.33. The third kappa shape index (κ3) is 4.14. The number of hydrogen-bond donors (Lipinski definition) is 0. The van der Waals surface area contributed by atoms with E-state index in [0.29, 0.717) is 0 Å². The third-order valence-electron chi connectivity index (χ3n) is 1.17. The Morgan fingerprint density at radius 1 is 1.36 bits per heavy atom. The number of aryl methyl sites for hydroxylation is 1. The van der Waals surface area contributed by atoms with Crippen LogP contribution in [0.5, 0.6) is 0 Å². The second kappa shape index (κ2) is 6.35. The van der Waals surface area contributed by atoms with Gasteiger partial charge in [0.1, 0.15) is 0 Å². The van der Waals surface area contributed by atoms with Gasteiger partial charge >= 0.3 is 0 Å². The van der Waals surface area contributed by atoms with Crippen LogP contribution in [0.25, 0.3) is 0 Å². The van der Waals surface area contributed by atoms with E-state index in [1.165, 1.54) is 5.56 Å².